The first-order valence-corrected chi connectivity index (χ1v) is 5.39. The van der Waals surface area contributed by atoms with Gasteiger partial charge in [0.05, 0.1) is 11.7 Å². The van der Waals surface area contributed by atoms with Gasteiger partial charge in [0.25, 0.3) is 0 Å². The van der Waals surface area contributed by atoms with E-state index in [0.717, 1.165) is 5.69 Å². The molecule has 0 aromatic carbocycles. The van der Waals surface area contributed by atoms with Gasteiger partial charge < -0.3 is 15.4 Å². The Morgan fingerprint density at radius 1 is 1.53 bits per heavy atom. The molecule has 0 spiro atoms. The minimum Gasteiger partial charge on any atom is -0.481 e. The molecule has 0 bridgehead atoms. The molecule has 6 nitrogen and oxygen atoms in total. The molecule has 0 aliphatic carbocycles. The second-order valence-electron chi connectivity index (χ2n) is 4.54. The number of aromatic amines is 1. The Hall–Kier alpha value is -1.85. The van der Waals surface area contributed by atoms with Crippen molar-refractivity contribution in [3.05, 3.63) is 18.2 Å². The Morgan fingerprint density at radius 3 is 2.76 bits per heavy atom. The lowest BCUT2D eigenvalue weighted by molar-refractivity contribution is -0.149. The van der Waals surface area contributed by atoms with E-state index < -0.39 is 11.4 Å². The van der Waals surface area contributed by atoms with Crippen molar-refractivity contribution in [1.82, 2.24) is 15.3 Å². The third-order valence-electron chi connectivity index (χ3n) is 2.45. The topological polar surface area (TPSA) is 95.1 Å². The molecule has 0 saturated heterocycles. The number of carbonyl (C=O) groups is 2. The number of H-pyrrole nitrogens is 1. The lowest BCUT2D eigenvalue weighted by atomic mass is 9.89. The number of carboxylic acid groups (broad SMARTS) is 1. The molecule has 1 rings (SSSR count). The van der Waals surface area contributed by atoms with Crippen molar-refractivity contribution in [3.8, 4) is 0 Å². The predicted octanol–water partition coefficient (Wildman–Crippen LogP) is 0.569. The molecule has 0 fully saturated rings. The van der Waals surface area contributed by atoms with E-state index in [1.165, 1.54) is 13.8 Å². The number of nitrogens with one attached hydrogen (secondary N) is 2. The van der Waals surface area contributed by atoms with Crippen LogP contribution in [0.4, 0.5) is 0 Å². The third-order valence-corrected chi connectivity index (χ3v) is 2.45. The van der Waals surface area contributed by atoms with Crippen molar-refractivity contribution in [2.24, 2.45) is 5.41 Å². The van der Waals surface area contributed by atoms with Crippen LogP contribution in [-0.4, -0.2) is 33.5 Å². The number of carbonyl (C=O) groups excluding carboxylic acids is 1. The van der Waals surface area contributed by atoms with E-state index in [9.17, 15) is 9.59 Å². The Morgan fingerprint density at radius 2 is 2.24 bits per heavy atom. The van der Waals surface area contributed by atoms with E-state index in [2.05, 4.69) is 15.3 Å². The molecule has 0 aliphatic rings. The van der Waals surface area contributed by atoms with Gasteiger partial charge in [-0.25, -0.2) is 4.98 Å². The van der Waals surface area contributed by atoms with E-state index in [0.29, 0.717) is 13.0 Å². The first kappa shape index (κ1) is 13.2. The maximum Gasteiger partial charge on any atom is 0.309 e. The number of rotatable bonds is 6. The maximum atomic E-state index is 11.5. The molecular formula is C11H17N3O3. The zero-order valence-corrected chi connectivity index (χ0v) is 9.99. The van der Waals surface area contributed by atoms with Crippen molar-refractivity contribution >= 4 is 11.9 Å². The van der Waals surface area contributed by atoms with Crippen molar-refractivity contribution in [2.45, 2.75) is 26.7 Å². The summed E-state index contributed by atoms with van der Waals surface area (Å²) in [4.78, 5) is 29.1. The van der Waals surface area contributed by atoms with E-state index in [-0.39, 0.29) is 12.3 Å². The van der Waals surface area contributed by atoms with Crippen LogP contribution in [0.2, 0.25) is 0 Å². The van der Waals surface area contributed by atoms with Crippen molar-refractivity contribution in [3.63, 3.8) is 0 Å². The number of carboxylic acids is 1. The van der Waals surface area contributed by atoms with E-state index >= 15 is 0 Å². The number of hydrogen-bond donors (Lipinski definition) is 3. The number of aliphatic carboxylic acids is 1. The molecular weight excluding hydrogens is 222 g/mol. The Kier molecular flexibility index (Phi) is 4.25. The van der Waals surface area contributed by atoms with Crippen molar-refractivity contribution in [2.75, 3.05) is 6.54 Å². The van der Waals surface area contributed by atoms with Gasteiger partial charge in [0.1, 0.15) is 0 Å². The summed E-state index contributed by atoms with van der Waals surface area (Å²) >= 11 is 0. The van der Waals surface area contributed by atoms with Gasteiger partial charge in [-0.1, -0.05) is 0 Å². The summed E-state index contributed by atoms with van der Waals surface area (Å²) in [5.41, 5.74) is -0.0965. The van der Waals surface area contributed by atoms with Gasteiger partial charge in [0, 0.05) is 31.3 Å². The highest BCUT2D eigenvalue weighted by Crippen LogP contribution is 2.19. The lowest BCUT2D eigenvalue weighted by Crippen LogP contribution is -2.34. The van der Waals surface area contributed by atoms with Gasteiger partial charge in [-0.15, -0.1) is 0 Å². The molecule has 1 aromatic heterocycles. The smallest absolute Gasteiger partial charge is 0.309 e. The minimum absolute atomic E-state index is 0.0225. The first-order chi connectivity index (χ1) is 7.92. The van der Waals surface area contributed by atoms with Crippen LogP contribution >= 0.6 is 0 Å². The van der Waals surface area contributed by atoms with Crippen LogP contribution in [0, 0.1) is 5.41 Å². The summed E-state index contributed by atoms with van der Waals surface area (Å²) in [5.74, 6) is -1.22. The minimum atomic E-state index is -1.03. The molecule has 0 aliphatic heterocycles. The van der Waals surface area contributed by atoms with Gasteiger partial charge in [0.15, 0.2) is 0 Å². The summed E-state index contributed by atoms with van der Waals surface area (Å²) in [6.07, 6.45) is 3.89. The van der Waals surface area contributed by atoms with Gasteiger partial charge in [-0.05, 0) is 13.8 Å². The molecule has 3 N–H and O–H groups in total. The fourth-order valence-electron chi connectivity index (χ4n) is 1.30. The van der Waals surface area contributed by atoms with Gasteiger partial charge in [-0.2, -0.15) is 0 Å². The zero-order chi connectivity index (χ0) is 12.9. The third kappa shape index (κ3) is 4.26. The molecule has 1 heterocycles. The molecule has 1 aromatic rings. The molecule has 0 atom stereocenters. The second kappa shape index (κ2) is 5.47. The predicted molar refractivity (Wildman–Crippen MR) is 61.3 cm³/mol. The molecule has 6 heteroatoms. The van der Waals surface area contributed by atoms with Crippen LogP contribution < -0.4 is 5.32 Å². The van der Waals surface area contributed by atoms with Crippen molar-refractivity contribution < 1.29 is 14.7 Å². The first-order valence-electron chi connectivity index (χ1n) is 5.39. The number of aromatic nitrogens is 2. The largest absolute Gasteiger partial charge is 0.481 e. The molecule has 17 heavy (non-hydrogen) atoms. The second-order valence-corrected chi connectivity index (χ2v) is 4.54. The van der Waals surface area contributed by atoms with Crippen LogP contribution in [-0.2, 0) is 16.0 Å². The van der Waals surface area contributed by atoms with Crippen LogP contribution in [0.5, 0.6) is 0 Å². The Balaban J connectivity index is 2.28. The summed E-state index contributed by atoms with van der Waals surface area (Å²) in [6.45, 7) is 3.53. The average Bonchev–Trinajstić information content (AvgIpc) is 2.69. The highest BCUT2D eigenvalue weighted by atomic mass is 16.4. The Bertz CT molecular complexity index is 385. The Labute approximate surface area is 99.4 Å². The van der Waals surface area contributed by atoms with E-state index in [1.807, 2.05) is 0 Å². The zero-order valence-electron chi connectivity index (χ0n) is 9.99. The fraction of sp³-hybridized carbons (Fsp3) is 0.545. The highest BCUT2D eigenvalue weighted by Gasteiger charge is 2.29. The van der Waals surface area contributed by atoms with Crippen LogP contribution in [0.3, 0.4) is 0 Å². The molecule has 94 valence electrons. The average molecular weight is 239 g/mol. The van der Waals surface area contributed by atoms with Crippen molar-refractivity contribution in [1.29, 1.82) is 0 Å². The van der Waals surface area contributed by atoms with Crippen LogP contribution in [0.1, 0.15) is 26.0 Å². The fourth-order valence-corrected chi connectivity index (χ4v) is 1.30. The molecule has 0 unspecified atom stereocenters. The molecule has 0 saturated carbocycles. The van der Waals surface area contributed by atoms with E-state index in [1.54, 1.807) is 12.5 Å². The quantitative estimate of drug-likeness (QED) is 0.676. The van der Waals surface area contributed by atoms with Crippen LogP contribution in [0.25, 0.3) is 0 Å². The number of amides is 1. The SMILES string of the molecule is CC(C)(CC(=O)NCCc1cnc[nH]1)C(=O)O. The van der Waals surface area contributed by atoms with E-state index in [4.69, 9.17) is 5.11 Å². The highest BCUT2D eigenvalue weighted by molar-refractivity contribution is 5.84. The lowest BCUT2D eigenvalue weighted by Gasteiger charge is -2.18. The summed E-state index contributed by atoms with van der Waals surface area (Å²) in [5, 5.41) is 11.6. The monoisotopic (exact) mass is 239 g/mol. The molecule has 1 amide bonds. The molecule has 0 radical (unpaired) electrons. The van der Waals surface area contributed by atoms with Gasteiger partial charge in [-0.3, -0.25) is 9.59 Å². The van der Waals surface area contributed by atoms with Gasteiger partial charge in [0.2, 0.25) is 5.91 Å². The summed E-state index contributed by atoms with van der Waals surface area (Å²) in [6, 6.07) is 0. The standard InChI is InChI=1S/C11H17N3O3/c1-11(2,10(16)17)5-9(15)13-4-3-8-6-12-7-14-8/h6-7H,3-5H2,1-2H3,(H,12,14)(H,13,15)(H,16,17). The number of hydrogen-bond acceptors (Lipinski definition) is 3. The summed E-state index contributed by atoms with van der Waals surface area (Å²) in [7, 11) is 0. The van der Waals surface area contributed by atoms with Crippen LogP contribution in [0.15, 0.2) is 12.5 Å². The maximum absolute atomic E-state index is 11.5. The van der Waals surface area contributed by atoms with Gasteiger partial charge >= 0.3 is 5.97 Å². The normalized spacial score (nSPS) is 11.2. The number of imidazole rings is 1. The number of nitrogens with zero attached hydrogens (tertiary/aromatic N) is 1. The summed E-state index contributed by atoms with van der Waals surface area (Å²) < 4.78 is 0.